The first kappa shape index (κ1) is 32.5. The van der Waals surface area contributed by atoms with E-state index >= 15 is 0 Å². The lowest BCUT2D eigenvalue weighted by Gasteiger charge is -2.36. The highest BCUT2D eigenvalue weighted by Crippen LogP contribution is 2.43. The summed E-state index contributed by atoms with van der Waals surface area (Å²) in [7, 11) is 0. The summed E-state index contributed by atoms with van der Waals surface area (Å²) >= 11 is 0. The van der Waals surface area contributed by atoms with Gasteiger partial charge in [0.25, 0.3) is 0 Å². The van der Waals surface area contributed by atoms with E-state index in [-0.39, 0.29) is 5.97 Å². The van der Waals surface area contributed by atoms with Crippen LogP contribution in [0.2, 0.25) is 0 Å². The average molecular weight is 658 g/mol. The monoisotopic (exact) mass is 657 g/mol. The number of tetrazole rings is 1. The number of ether oxygens (including phenoxy) is 1. The predicted molar refractivity (Wildman–Crippen MR) is 197 cm³/mol. The number of carbonyl (C=O) groups excluding carboxylic acids is 1. The molecule has 0 unspecified atom stereocenters. The van der Waals surface area contributed by atoms with E-state index in [1.54, 1.807) is 0 Å². The van der Waals surface area contributed by atoms with Crippen LogP contribution in [0.5, 0.6) is 0 Å². The quantitative estimate of drug-likeness (QED) is 0.0970. The second-order valence-electron chi connectivity index (χ2n) is 12.2. The Morgan fingerprint density at radius 1 is 0.680 bits per heavy atom. The molecule has 0 aliphatic heterocycles. The largest absolute Gasteiger partial charge is 0.461 e. The zero-order chi connectivity index (χ0) is 34.3. The molecule has 2 heterocycles. The van der Waals surface area contributed by atoms with Crippen molar-refractivity contribution in [2.75, 3.05) is 6.61 Å². The molecule has 7 rings (SSSR count). The predicted octanol–water partition coefficient (Wildman–Crippen LogP) is 8.83. The number of aromatic nitrogens is 5. The number of nitrogens with zero attached hydrogens (tertiary/aromatic N) is 5. The maximum absolute atomic E-state index is 13.1. The van der Waals surface area contributed by atoms with E-state index in [1.165, 1.54) is 0 Å². The molecule has 7 heteroatoms. The summed E-state index contributed by atoms with van der Waals surface area (Å²) in [4.78, 5) is 13.1. The second kappa shape index (κ2) is 14.6. The third kappa shape index (κ3) is 6.03. The van der Waals surface area contributed by atoms with Crippen molar-refractivity contribution >= 4 is 5.97 Å². The van der Waals surface area contributed by atoms with Gasteiger partial charge in [-0.15, -0.1) is 5.10 Å². The van der Waals surface area contributed by atoms with Gasteiger partial charge in [0.1, 0.15) is 11.2 Å². The van der Waals surface area contributed by atoms with Crippen molar-refractivity contribution in [3.63, 3.8) is 0 Å². The Morgan fingerprint density at radius 2 is 1.26 bits per heavy atom. The molecule has 0 amide bonds. The molecule has 0 fully saturated rings. The van der Waals surface area contributed by atoms with Crippen LogP contribution in [0.1, 0.15) is 58.7 Å². The van der Waals surface area contributed by atoms with Gasteiger partial charge >= 0.3 is 5.97 Å². The molecule has 50 heavy (non-hydrogen) atoms. The van der Waals surface area contributed by atoms with Crippen molar-refractivity contribution in [3.8, 4) is 22.5 Å². The number of aryl methyl sites for hydroxylation is 1. The van der Waals surface area contributed by atoms with E-state index in [2.05, 4.69) is 120 Å². The normalized spacial score (nSPS) is 11.4. The molecular weight excluding hydrogens is 619 g/mol. The molecule has 7 nitrogen and oxygen atoms in total. The minimum absolute atomic E-state index is 0.317. The molecule has 0 aliphatic carbocycles. The van der Waals surface area contributed by atoms with Crippen LogP contribution in [-0.2, 0) is 23.2 Å². The van der Waals surface area contributed by atoms with Crippen LogP contribution in [0.3, 0.4) is 0 Å². The minimum atomic E-state index is -0.904. The number of rotatable bonds is 12. The lowest BCUT2D eigenvalue weighted by molar-refractivity contribution is 0.0514. The van der Waals surface area contributed by atoms with Crippen molar-refractivity contribution < 1.29 is 9.53 Å². The van der Waals surface area contributed by atoms with Gasteiger partial charge in [0.05, 0.1) is 6.61 Å². The first-order valence-corrected chi connectivity index (χ1v) is 17.1. The van der Waals surface area contributed by atoms with Gasteiger partial charge in [0.2, 0.25) is 0 Å². The summed E-state index contributed by atoms with van der Waals surface area (Å²) in [6.07, 6.45) is 1.81. The van der Waals surface area contributed by atoms with Crippen LogP contribution < -0.4 is 0 Å². The van der Waals surface area contributed by atoms with Crippen molar-refractivity contribution in [1.29, 1.82) is 0 Å². The molecule has 0 aliphatic rings. The Kier molecular flexibility index (Phi) is 9.47. The third-order valence-corrected chi connectivity index (χ3v) is 9.17. The standard InChI is InChI=1S/C43H39N5O2/c1-3-17-37-27-29-40(42(49)50-4-2)47(37)31-32-26-28-38(33-18-9-5-10-19-33)39(30-32)41-44-45-46-48(41)43(34-20-11-6-12-21-34,35-22-13-7-14-23-35)36-24-15-8-16-25-36/h5-16,18-30H,3-4,17,31H2,1-2H3. The summed E-state index contributed by atoms with van der Waals surface area (Å²) in [5.41, 5.74) is 7.75. The Bertz CT molecular complexity index is 2080. The van der Waals surface area contributed by atoms with Gasteiger partial charge in [0.15, 0.2) is 5.82 Å². The first-order valence-electron chi connectivity index (χ1n) is 17.1. The topological polar surface area (TPSA) is 74.8 Å². The van der Waals surface area contributed by atoms with E-state index in [9.17, 15) is 4.79 Å². The van der Waals surface area contributed by atoms with E-state index in [4.69, 9.17) is 15.0 Å². The molecule has 0 spiro atoms. The maximum atomic E-state index is 13.1. The summed E-state index contributed by atoms with van der Waals surface area (Å²) in [5.74, 6) is 0.299. The zero-order valence-corrected chi connectivity index (χ0v) is 28.3. The Morgan fingerprint density at radius 3 is 1.82 bits per heavy atom. The lowest BCUT2D eigenvalue weighted by Crippen LogP contribution is -2.39. The van der Waals surface area contributed by atoms with Gasteiger partial charge in [-0.25, -0.2) is 9.48 Å². The fourth-order valence-electron chi connectivity index (χ4n) is 6.97. The molecule has 0 bridgehead atoms. The van der Waals surface area contributed by atoms with Gasteiger partial charge in [-0.2, -0.15) is 0 Å². The Balaban J connectivity index is 1.48. The van der Waals surface area contributed by atoms with Gasteiger partial charge in [-0.1, -0.05) is 147 Å². The van der Waals surface area contributed by atoms with Gasteiger partial charge < -0.3 is 9.30 Å². The SMILES string of the molecule is CCCc1ccc(C(=O)OCC)n1Cc1ccc(-c2ccccc2)c(-c2nnnn2C(c2ccccc2)(c2ccccc2)c2ccccc2)c1. The van der Waals surface area contributed by atoms with E-state index in [0.29, 0.717) is 24.7 Å². The van der Waals surface area contributed by atoms with Crippen LogP contribution in [0.25, 0.3) is 22.5 Å². The molecule has 0 saturated carbocycles. The highest BCUT2D eigenvalue weighted by molar-refractivity contribution is 5.88. The van der Waals surface area contributed by atoms with Crippen molar-refractivity contribution in [2.24, 2.45) is 0 Å². The second-order valence-corrected chi connectivity index (χ2v) is 12.2. The molecule has 248 valence electrons. The number of carbonyl (C=O) groups is 1. The van der Waals surface area contributed by atoms with Crippen LogP contribution >= 0.6 is 0 Å². The fourth-order valence-corrected chi connectivity index (χ4v) is 6.97. The number of hydrogen-bond acceptors (Lipinski definition) is 5. The van der Waals surface area contributed by atoms with Crippen molar-refractivity contribution in [1.82, 2.24) is 24.8 Å². The van der Waals surface area contributed by atoms with Crippen molar-refractivity contribution in [3.05, 3.63) is 185 Å². The molecule has 0 N–H and O–H groups in total. The summed E-state index contributed by atoms with van der Waals surface area (Å²) in [6.45, 7) is 4.78. The minimum Gasteiger partial charge on any atom is -0.461 e. The lowest BCUT2D eigenvalue weighted by atomic mass is 9.77. The Hall–Kier alpha value is -6.08. The first-order chi connectivity index (χ1) is 24.6. The average Bonchev–Trinajstić information content (AvgIpc) is 3.82. The summed E-state index contributed by atoms with van der Waals surface area (Å²) < 4.78 is 9.50. The number of hydrogen-bond donors (Lipinski definition) is 0. The molecule has 0 atom stereocenters. The van der Waals surface area contributed by atoms with Crippen molar-refractivity contribution in [2.45, 2.75) is 38.8 Å². The highest BCUT2D eigenvalue weighted by atomic mass is 16.5. The van der Waals surface area contributed by atoms with E-state index in [1.807, 2.05) is 60.1 Å². The molecular formula is C43H39N5O2. The molecule has 0 saturated heterocycles. The summed E-state index contributed by atoms with van der Waals surface area (Å²) in [5, 5.41) is 14.0. The van der Waals surface area contributed by atoms with E-state index < -0.39 is 5.54 Å². The Labute approximate surface area is 292 Å². The van der Waals surface area contributed by atoms with E-state index in [0.717, 1.165) is 57.5 Å². The smallest absolute Gasteiger partial charge is 0.354 e. The fraction of sp³-hybridized carbons (Fsp3) is 0.163. The summed E-state index contributed by atoms with van der Waals surface area (Å²) in [6, 6.07) is 51.9. The molecule has 2 aromatic heterocycles. The van der Waals surface area contributed by atoms with Crippen LogP contribution in [0.4, 0.5) is 0 Å². The highest BCUT2D eigenvalue weighted by Gasteiger charge is 2.42. The van der Waals surface area contributed by atoms with Gasteiger partial charge in [-0.05, 0) is 75.4 Å². The molecule has 7 aromatic rings. The zero-order valence-electron chi connectivity index (χ0n) is 28.3. The van der Waals surface area contributed by atoms with Gasteiger partial charge in [-0.3, -0.25) is 0 Å². The number of esters is 1. The van der Waals surface area contributed by atoms with Gasteiger partial charge in [0, 0.05) is 17.8 Å². The van der Waals surface area contributed by atoms with Crippen LogP contribution in [0, 0.1) is 0 Å². The maximum Gasteiger partial charge on any atom is 0.354 e. The molecule has 5 aromatic carbocycles. The van der Waals surface area contributed by atoms with Crippen LogP contribution in [0.15, 0.2) is 152 Å². The number of benzene rings is 5. The third-order valence-electron chi connectivity index (χ3n) is 9.17. The van der Waals surface area contributed by atoms with Crippen LogP contribution in [-0.4, -0.2) is 37.4 Å². The molecule has 0 radical (unpaired) electrons.